The van der Waals surface area contributed by atoms with Gasteiger partial charge in [0.15, 0.2) is 11.5 Å². The molecule has 4 heterocycles. The van der Waals surface area contributed by atoms with Crippen molar-refractivity contribution in [1.82, 2.24) is 29.3 Å². The molecule has 1 saturated heterocycles. The second-order valence-electron chi connectivity index (χ2n) is 10.8. The number of likely N-dealkylation sites (N-methyl/N-ethyl adjacent to an activating group) is 1. The molecular formula is C32H33N7. The van der Waals surface area contributed by atoms with E-state index in [1.54, 1.807) is 6.20 Å². The van der Waals surface area contributed by atoms with E-state index in [-0.39, 0.29) is 0 Å². The molecule has 0 amide bonds. The number of aromatic nitrogens is 4. The highest BCUT2D eigenvalue weighted by molar-refractivity contribution is 5.84. The molecule has 2 N–H and O–H groups in total. The minimum absolute atomic E-state index is 0.434. The lowest BCUT2D eigenvalue weighted by Gasteiger charge is -2.41. The summed E-state index contributed by atoms with van der Waals surface area (Å²) in [5.41, 5.74) is 13.5. The number of rotatable bonds is 6. The molecule has 5 aromatic rings. The normalized spacial score (nSPS) is 17.2. The van der Waals surface area contributed by atoms with Gasteiger partial charge in [-0.05, 0) is 61.3 Å². The number of imidazole rings is 1. The molecule has 2 aliphatic rings. The predicted octanol–water partition coefficient (Wildman–Crippen LogP) is 5.40. The first kappa shape index (κ1) is 24.0. The summed E-state index contributed by atoms with van der Waals surface area (Å²) in [4.78, 5) is 19.7. The Hall–Kier alpha value is -4.07. The van der Waals surface area contributed by atoms with Crippen LogP contribution in [0.25, 0.3) is 39.5 Å². The van der Waals surface area contributed by atoms with E-state index in [2.05, 4.69) is 62.7 Å². The molecule has 3 aromatic heterocycles. The van der Waals surface area contributed by atoms with Crippen molar-refractivity contribution in [3.8, 4) is 28.3 Å². The Morgan fingerprint density at radius 2 is 1.69 bits per heavy atom. The number of anilines is 1. The van der Waals surface area contributed by atoms with Crippen molar-refractivity contribution in [2.75, 3.05) is 31.9 Å². The Balaban J connectivity index is 1.26. The maximum absolute atomic E-state index is 6.32. The minimum atomic E-state index is 0.434. The molecule has 196 valence electrons. The Labute approximate surface area is 228 Å². The number of benzene rings is 2. The molecule has 0 atom stereocenters. The highest BCUT2D eigenvalue weighted by Crippen LogP contribution is 2.44. The summed E-state index contributed by atoms with van der Waals surface area (Å²) in [5.74, 6) is 1.20. The van der Waals surface area contributed by atoms with Crippen LogP contribution in [0.3, 0.4) is 0 Å². The zero-order valence-electron chi connectivity index (χ0n) is 22.3. The van der Waals surface area contributed by atoms with Gasteiger partial charge < -0.3 is 5.73 Å². The van der Waals surface area contributed by atoms with Gasteiger partial charge in [0.05, 0.1) is 11.3 Å². The third-order valence-corrected chi connectivity index (χ3v) is 8.34. The second-order valence-corrected chi connectivity index (χ2v) is 10.8. The van der Waals surface area contributed by atoms with Crippen LogP contribution < -0.4 is 5.73 Å². The summed E-state index contributed by atoms with van der Waals surface area (Å²) in [5, 5.41) is 0. The van der Waals surface area contributed by atoms with Crippen LogP contribution in [0.1, 0.15) is 25.3 Å². The number of nitrogens with two attached hydrogens (primary N) is 1. The SMILES string of the molecule is CCN1CCN(Cc2ccc(-n3c(-c4cccnc4N)nc4ccc(-c5ccccc5)nc43)cc2)CC12CC2. The van der Waals surface area contributed by atoms with E-state index in [9.17, 15) is 0 Å². The number of hydrogen-bond acceptors (Lipinski definition) is 6. The zero-order valence-corrected chi connectivity index (χ0v) is 22.3. The summed E-state index contributed by atoms with van der Waals surface area (Å²) >= 11 is 0. The van der Waals surface area contributed by atoms with Gasteiger partial charge in [0.25, 0.3) is 0 Å². The highest BCUT2D eigenvalue weighted by atomic mass is 15.3. The summed E-state index contributed by atoms with van der Waals surface area (Å²) < 4.78 is 2.11. The van der Waals surface area contributed by atoms with Crippen LogP contribution in [0.4, 0.5) is 5.82 Å². The minimum Gasteiger partial charge on any atom is -0.383 e. The van der Waals surface area contributed by atoms with Crippen molar-refractivity contribution in [3.63, 3.8) is 0 Å². The molecule has 1 spiro atoms. The lowest BCUT2D eigenvalue weighted by atomic mass is 10.1. The molecule has 1 aliphatic carbocycles. The van der Waals surface area contributed by atoms with Crippen LogP contribution in [-0.4, -0.2) is 61.0 Å². The lowest BCUT2D eigenvalue weighted by molar-refractivity contribution is 0.0592. The van der Waals surface area contributed by atoms with Crippen molar-refractivity contribution in [2.45, 2.75) is 31.8 Å². The summed E-state index contributed by atoms with van der Waals surface area (Å²) in [6.07, 6.45) is 4.38. The third-order valence-electron chi connectivity index (χ3n) is 8.34. The number of hydrogen-bond donors (Lipinski definition) is 1. The second kappa shape index (κ2) is 9.59. The molecule has 1 aliphatic heterocycles. The fourth-order valence-electron chi connectivity index (χ4n) is 6.11. The first-order valence-corrected chi connectivity index (χ1v) is 13.9. The van der Waals surface area contributed by atoms with Gasteiger partial charge in [-0.15, -0.1) is 0 Å². The molecule has 0 radical (unpaired) electrons. The first-order chi connectivity index (χ1) is 19.1. The summed E-state index contributed by atoms with van der Waals surface area (Å²) in [6, 6.07) is 27.0. The highest BCUT2D eigenvalue weighted by Gasteiger charge is 2.50. The van der Waals surface area contributed by atoms with Crippen LogP contribution in [0.2, 0.25) is 0 Å². The Kier molecular flexibility index (Phi) is 5.90. The molecule has 2 aromatic carbocycles. The summed E-state index contributed by atoms with van der Waals surface area (Å²) in [7, 11) is 0. The van der Waals surface area contributed by atoms with Gasteiger partial charge in [0.1, 0.15) is 11.3 Å². The van der Waals surface area contributed by atoms with E-state index >= 15 is 0 Å². The van der Waals surface area contributed by atoms with E-state index in [1.165, 1.54) is 31.5 Å². The van der Waals surface area contributed by atoms with Crippen LogP contribution in [-0.2, 0) is 6.54 Å². The van der Waals surface area contributed by atoms with Crippen molar-refractivity contribution in [2.24, 2.45) is 0 Å². The van der Waals surface area contributed by atoms with E-state index < -0.39 is 0 Å². The van der Waals surface area contributed by atoms with Crippen LogP contribution >= 0.6 is 0 Å². The maximum Gasteiger partial charge on any atom is 0.165 e. The van der Waals surface area contributed by atoms with Gasteiger partial charge in [-0.2, -0.15) is 0 Å². The largest absolute Gasteiger partial charge is 0.383 e. The Morgan fingerprint density at radius 3 is 2.44 bits per heavy atom. The van der Waals surface area contributed by atoms with Gasteiger partial charge in [-0.3, -0.25) is 14.4 Å². The van der Waals surface area contributed by atoms with Crippen LogP contribution in [0, 0.1) is 0 Å². The Morgan fingerprint density at radius 1 is 0.872 bits per heavy atom. The van der Waals surface area contributed by atoms with E-state index in [1.807, 2.05) is 42.5 Å². The van der Waals surface area contributed by atoms with Crippen molar-refractivity contribution in [1.29, 1.82) is 0 Å². The molecule has 7 nitrogen and oxygen atoms in total. The lowest BCUT2D eigenvalue weighted by Crippen LogP contribution is -2.54. The van der Waals surface area contributed by atoms with Gasteiger partial charge in [-0.1, -0.05) is 49.4 Å². The zero-order chi connectivity index (χ0) is 26.4. The molecular weight excluding hydrogens is 482 g/mol. The number of piperazine rings is 1. The van der Waals surface area contributed by atoms with E-state index in [0.29, 0.717) is 11.4 Å². The van der Waals surface area contributed by atoms with Gasteiger partial charge >= 0.3 is 0 Å². The van der Waals surface area contributed by atoms with Crippen molar-refractivity contribution in [3.05, 3.63) is 90.6 Å². The molecule has 0 unspecified atom stereocenters. The molecule has 1 saturated carbocycles. The topological polar surface area (TPSA) is 76.1 Å². The molecule has 7 heteroatoms. The average Bonchev–Trinajstić information content (AvgIpc) is 3.63. The quantitative estimate of drug-likeness (QED) is 0.326. The molecule has 0 bridgehead atoms. The number of nitrogen functional groups attached to an aromatic ring is 1. The Bertz CT molecular complexity index is 1620. The predicted molar refractivity (Wildman–Crippen MR) is 156 cm³/mol. The van der Waals surface area contributed by atoms with Crippen molar-refractivity contribution >= 4 is 17.0 Å². The first-order valence-electron chi connectivity index (χ1n) is 13.9. The monoisotopic (exact) mass is 515 g/mol. The van der Waals surface area contributed by atoms with Gasteiger partial charge in [0.2, 0.25) is 0 Å². The van der Waals surface area contributed by atoms with Crippen LogP contribution in [0.5, 0.6) is 0 Å². The smallest absolute Gasteiger partial charge is 0.165 e. The number of pyridine rings is 2. The van der Waals surface area contributed by atoms with Crippen molar-refractivity contribution < 1.29 is 0 Å². The molecule has 2 fully saturated rings. The van der Waals surface area contributed by atoms with E-state index in [0.717, 1.165) is 59.1 Å². The van der Waals surface area contributed by atoms with Gasteiger partial charge in [-0.25, -0.2) is 15.0 Å². The number of fused-ring (bicyclic) bond motifs is 1. The fourth-order valence-corrected chi connectivity index (χ4v) is 6.11. The fraction of sp³-hybridized carbons (Fsp3) is 0.281. The standard InChI is InChI=1S/C32H33N7/c1-2-38-20-19-37(22-32(38)16-17-32)21-23-10-12-25(13-11-23)39-30(26-9-6-18-34-29(26)33)36-28-15-14-27(35-31(28)39)24-7-4-3-5-8-24/h3-15,18H,2,16-17,19-22H2,1H3,(H2,33,34). The third kappa shape index (κ3) is 4.37. The molecule has 7 rings (SSSR count). The molecule has 39 heavy (non-hydrogen) atoms. The maximum atomic E-state index is 6.32. The van der Waals surface area contributed by atoms with Crippen LogP contribution in [0.15, 0.2) is 85.1 Å². The van der Waals surface area contributed by atoms with Gasteiger partial charge in [0, 0.05) is 49.2 Å². The number of nitrogens with zero attached hydrogens (tertiary/aromatic N) is 6. The average molecular weight is 516 g/mol. The summed E-state index contributed by atoms with van der Waals surface area (Å²) in [6.45, 7) is 7.89. The van der Waals surface area contributed by atoms with E-state index in [4.69, 9.17) is 15.7 Å².